The van der Waals surface area contributed by atoms with Gasteiger partial charge in [-0.05, 0) is 163 Å². The van der Waals surface area contributed by atoms with Crippen LogP contribution in [0.2, 0.25) is 0 Å². The largest absolute Gasteiger partial charge is 0.456 e. The summed E-state index contributed by atoms with van der Waals surface area (Å²) in [5.74, 6) is 2.16. The molecule has 0 aliphatic carbocycles. The van der Waals surface area contributed by atoms with Crippen molar-refractivity contribution in [3.63, 3.8) is 0 Å². The molecule has 0 atom stereocenters. The summed E-state index contributed by atoms with van der Waals surface area (Å²) in [6.07, 6.45) is 0. The second kappa shape index (κ2) is 35.4. The lowest BCUT2D eigenvalue weighted by molar-refractivity contribution is 0.669. The molecule has 30 rings (SSSR count). The zero-order chi connectivity index (χ0) is 95.5. The molecule has 30 aromatic rings. The van der Waals surface area contributed by atoms with Crippen LogP contribution in [0.3, 0.4) is 0 Å². The number of furan rings is 1. The molecule has 0 unspecified atom stereocenters. The molecule has 0 radical (unpaired) electrons. The van der Waals surface area contributed by atoms with Crippen molar-refractivity contribution in [3.05, 3.63) is 491 Å². The Balaban J connectivity index is 0.000000107. The number of hydrogen-bond acceptors (Lipinski definition) is 10. The van der Waals surface area contributed by atoms with E-state index in [1.54, 1.807) is 11.3 Å². The third kappa shape index (κ3) is 14.9. The van der Waals surface area contributed by atoms with Gasteiger partial charge in [0.1, 0.15) is 11.2 Å². The second-order valence-corrected chi connectivity index (χ2v) is 39.8. The van der Waals surface area contributed by atoms with Crippen LogP contribution in [0.25, 0.3) is 278 Å². The molecule has 10 heterocycles. The summed E-state index contributed by atoms with van der Waals surface area (Å²) in [7, 11) is 0. The molecule has 10 nitrogen and oxygen atoms in total. The SMILES string of the molecule is c1ccc(-c2cc(-c3ccc(-n4c5ccccc5c5ccccc54)cc3)nc(-c3cccc4c3sc3ccccc34)n2)cc1.c1ccc(-c2cc(-c3cccc(-n4c5ccccc5c5ccccc54)c3)nc(-c3cccc4sc5ccccc5c34)n2)cc1.c1ccc(-c2cccc(-c3nc(-c4cccc(-n5c6ccccc6c6c7c(ccc65)oc5ccccc57)c4)cc(-c4ccc5sc6ccccc6c5c4)n3)c2)cc1. The Morgan fingerprint density at radius 2 is 0.531 bits per heavy atom. The first kappa shape index (κ1) is 84.6. The quantitative estimate of drug-likeness (QED) is 0.113. The van der Waals surface area contributed by atoms with Crippen LogP contribution in [0.5, 0.6) is 0 Å². The highest BCUT2D eigenvalue weighted by molar-refractivity contribution is 7.27. The van der Waals surface area contributed by atoms with E-state index in [1.165, 1.54) is 115 Å². The van der Waals surface area contributed by atoms with Gasteiger partial charge in [0.2, 0.25) is 0 Å². The topological polar surface area (TPSA) is 105 Å². The van der Waals surface area contributed by atoms with E-state index in [4.69, 9.17) is 34.3 Å². The first-order valence-corrected chi connectivity index (χ1v) is 51.1. The summed E-state index contributed by atoms with van der Waals surface area (Å²) in [5, 5.41) is 17.2. The number of hydrogen-bond donors (Lipinski definition) is 0. The van der Waals surface area contributed by atoms with Gasteiger partial charge in [-0.1, -0.05) is 340 Å². The van der Waals surface area contributed by atoms with Gasteiger partial charge < -0.3 is 18.1 Å². The molecule has 20 aromatic carbocycles. The third-order valence-corrected chi connectivity index (χ3v) is 31.6. The maximum absolute atomic E-state index is 6.35. The molecule has 10 aromatic heterocycles. The molecule has 0 saturated heterocycles. The first-order chi connectivity index (χ1) is 71.9. The highest BCUT2D eigenvalue weighted by atomic mass is 32.1. The molecule has 0 saturated carbocycles. The average Bonchev–Trinajstić information content (AvgIpc) is 1.55. The van der Waals surface area contributed by atoms with Crippen LogP contribution in [0.1, 0.15) is 0 Å². The van der Waals surface area contributed by atoms with Gasteiger partial charge in [-0.15, -0.1) is 34.0 Å². The summed E-state index contributed by atoms with van der Waals surface area (Å²) in [5.41, 5.74) is 29.2. The van der Waals surface area contributed by atoms with E-state index in [0.717, 1.165) is 157 Å². The molecule has 0 bridgehead atoms. The minimum atomic E-state index is 0.687. The van der Waals surface area contributed by atoms with E-state index in [-0.39, 0.29) is 0 Å². The van der Waals surface area contributed by atoms with E-state index < -0.39 is 0 Å². The van der Waals surface area contributed by atoms with Crippen LogP contribution < -0.4 is 0 Å². The molecular weight excluding hydrogens is 1820 g/mol. The molecular formula is C132H81N9OS3. The van der Waals surface area contributed by atoms with Gasteiger partial charge in [0, 0.05) is 171 Å². The molecule has 0 fully saturated rings. The van der Waals surface area contributed by atoms with E-state index in [0.29, 0.717) is 5.82 Å². The van der Waals surface area contributed by atoms with Gasteiger partial charge in [-0.2, -0.15) is 0 Å². The van der Waals surface area contributed by atoms with Crippen LogP contribution in [0.15, 0.2) is 496 Å². The summed E-state index contributed by atoms with van der Waals surface area (Å²) < 4.78 is 21.0. The lowest BCUT2D eigenvalue weighted by atomic mass is 10.0. The minimum absolute atomic E-state index is 0.687. The van der Waals surface area contributed by atoms with Crippen LogP contribution in [0.4, 0.5) is 0 Å². The molecule has 0 aliphatic heterocycles. The number of fused-ring (bicyclic) bond motifs is 22. The predicted octanol–water partition coefficient (Wildman–Crippen LogP) is 36.4. The molecule has 0 N–H and O–H groups in total. The van der Waals surface area contributed by atoms with Crippen molar-refractivity contribution < 1.29 is 4.42 Å². The Morgan fingerprint density at radius 1 is 0.166 bits per heavy atom. The first-order valence-electron chi connectivity index (χ1n) is 48.7. The third-order valence-electron chi connectivity index (χ3n) is 28.1. The van der Waals surface area contributed by atoms with Gasteiger partial charge in [0.15, 0.2) is 17.5 Å². The van der Waals surface area contributed by atoms with Gasteiger partial charge in [-0.3, -0.25) is 0 Å². The van der Waals surface area contributed by atoms with Gasteiger partial charge >= 0.3 is 0 Å². The fourth-order valence-corrected chi connectivity index (χ4v) is 24.8. The van der Waals surface area contributed by atoms with Crippen LogP contribution in [-0.2, 0) is 0 Å². The summed E-state index contributed by atoms with van der Waals surface area (Å²) >= 11 is 5.45. The Labute approximate surface area is 844 Å². The molecule has 0 spiro atoms. The zero-order valence-corrected chi connectivity index (χ0v) is 80.4. The fourth-order valence-electron chi connectivity index (χ4n) is 21.4. The normalized spacial score (nSPS) is 11.7. The fraction of sp³-hybridized carbons (Fsp3) is 0. The van der Waals surface area contributed by atoms with E-state index in [1.807, 2.05) is 53.0 Å². The molecule has 0 aliphatic rings. The summed E-state index contributed by atoms with van der Waals surface area (Å²) in [4.78, 5) is 31.4. The Hall–Kier alpha value is -18.5. The van der Waals surface area contributed by atoms with Crippen LogP contribution in [-0.4, -0.2) is 43.6 Å². The Morgan fingerprint density at radius 3 is 1.12 bits per heavy atom. The molecule has 13 heteroatoms. The second-order valence-electron chi connectivity index (χ2n) is 36.6. The number of para-hydroxylation sites is 6. The minimum Gasteiger partial charge on any atom is -0.456 e. The van der Waals surface area contributed by atoms with E-state index in [9.17, 15) is 0 Å². The molecule has 678 valence electrons. The monoisotopic (exact) mass is 1900 g/mol. The highest BCUT2D eigenvalue weighted by Crippen LogP contribution is 2.48. The average molecular weight is 1910 g/mol. The van der Waals surface area contributed by atoms with Crippen LogP contribution >= 0.6 is 34.0 Å². The van der Waals surface area contributed by atoms with Gasteiger partial charge in [0.05, 0.1) is 67.3 Å². The zero-order valence-electron chi connectivity index (χ0n) is 77.9. The maximum atomic E-state index is 6.35. The smallest absolute Gasteiger partial charge is 0.161 e. The lowest BCUT2D eigenvalue weighted by Gasteiger charge is -2.13. The standard InChI is InChI=1S/C52H31N3OS.2C40H25N3S/c1-2-12-32(13-3-1)33-14-10-16-36(28-33)52-53-42(31-43(54-52)35-24-27-49-41(30-35)38-18-6-9-23-48(38)57-49)34-15-11-17-37(29-34)55-44-21-7-4-19-39(44)50-45(55)25-26-47-51(50)40-20-5-8-22-46(40)56-47;1-2-12-26(13-3-1)33-25-34(42-40(41-33)32-19-11-23-38-39(32)31-18-6-9-22-37(31)44-38)27-14-10-15-28(24-27)43-35-20-7-4-16-29(35)30-17-5-8-21-36(30)43;1-2-11-26(12-3-1)34-25-35(42-40(41-34)33-17-10-16-32-31-15-6-9-20-38(31)44-39(32)33)27-21-23-28(24-22-27)43-36-18-7-4-13-29(36)30-14-5-8-19-37(30)43/h1-31H;2*1-25H. The van der Waals surface area contributed by atoms with E-state index >= 15 is 0 Å². The number of aromatic nitrogens is 9. The molecule has 145 heavy (non-hydrogen) atoms. The maximum Gasteiger partial charge on any atom is 0.161 e. The Bertz CT molecular complexity index is 10300. The Kier molecular flexibility index (Phi) is 20.6. The van der Waals surface area contributed by atoms with Crippen molar-refractivity contribution in [1.82, 2.24) is 43.6 Å². The summed E-state index contributed by atoms with van der Waals surface area (Å²) in [6.45, 7) is 0. The van der Waals surface area contributed by atoms with Crippen molar-refractivity contribution in [2.75, 3.05) is 0 Å². The lowest BCUT2D eigenvalue weighted by Crippen LogP contribution is -1.98. The molecule has 0 amide bonds. The number of thiophene rings is 3. The van der Waals surface area contributed by atoms with Crippen molar-refractivity contribution in [2.24, 2.45) is 0 Å². The predicted molar refractivity (Wildman–Crippen MR) is 609 cm³/mol. The van der Waals surface area contributed by atoms with Crippen LogP contribution in [0, 0.1) is 0 Å². The van der Waals surface area contributed by atoms with Gasteiger partial charge in [-0.25, -0.2) is 29.9 Å². The number of rotatable bonds is 13. The van der Waals surface area contributed by atoms with Crippen molar-refractivity contribution >= 4 is 182 Å². The van der Waals surface area contributed by atoms with Gasteiger partial charge in [0.25, 0.3) is 0 Å². The highest BCUT2D eigenvalue weighted by Gasteiger charge is 2.25. The van der Waals surface area contributed by atoms with Crippen molar-refractivity contribution in [3.8, 4) is 130 Å². The summed E-state index contributed by atoms with van der Waals surface area (Å²) in [6, 6.07) is 174. The van der Waals surface area contributed by atoms with Crippen molar-refractivity contribution in [2.45, 2.75) is 0 Å². The van der Waals surface area contributed by atoms with E-state index in [2.05, 4.69) is 475 Å². The number of nitrogens with zero attached hydrogens (tertiary/aromatic N) is 9. The number of benzene rings is 20. The van der Waals surface area contributed by atoms with Crippen molar-refractivity contribution in [1.29, 1.82) is 0 Å².